The fourth-order valence-corrected chi connectivity index (χ4v) is 4.38. The van der Waals surface area contributed by atoms with E-state index in [-0.39, 0.29) is 0 Å². The zero-order chi connectivity index (χ0) is 14.7. The molecule has 4 nitrogen and oxygen atoms in total. The Hall–Kier alpha value is -0.610. The molecule has 0 bridgehead atoms. The summed E-state index contributed by atoms with van der Waals surface area (Å²) >= 11 is 0. The smallest absolute Gasteiger partial charge is 0.236 e. The predicted molar refractivity (Wildman–Crippen MR) is 85.2 cm³/mol. The molecule has 0 radical (unpaired) electrons. The van der Waals surface area contributed by atoms with Crippen LogP contribution in [0.4, 0.5) is 0 Å². The van der Waals surface area contributed by atoms with Crippen molar-refractivity contribution in [3.63, 3.8) is 0 Å². The van der Waals surface area contributed by atoms with Gasteiger partial charge in [-0.2, -0.15) is 0 Å². The predicted octanol–water partition coefficient (Wildman–Crippen LogP) is 1.85. The molecular weight excluding hydrogens is 262 g/mol. The number of likely N-dealkylation sites (tertiary alicyclic amines) is 2. The quantitative estimate of drug-likeness (QED) is 0.862. The minimum Gasteiger partial charge on any atom is -0.339 e. The number of hydrogen-bond donors (Lipinski definition) is 1. The normalized spacial score (nSPS) is 32.5. The number of carbonyl (C=O) groups excluding carboxylic acids is 1. The molecule has 1 N–H and O–H groups in total. The number of rotatable bonds is 3. The molecule has 2 atom stereocenters. The van der Waals surface area contributed by atoms with Crippen LogP contribution in [0.25, 0.3) is 0 Å². The van der Waals surface area contributed by atoms with Gasteiger partial charge < -0.3 is 10.2 Å². The molecular formula is C17H31N3O. The van der Waals surface area contributed by atoms with E-state index in [1.54, 1.807) is 0 Å². The van der Waals surface area contributed by atoms with Gasteiger partial charge >= 0.3 is 0 Å². The van der Waals surface area contributed by atoms with Gasteiger partial charge in [-0.25, -0.2) is 0 Å². The molecule has 0 aliphatic carbocycles. The minimum atomic E-state index is 0.361. The Kier molecular flexibility index (Phi) is 5.17. The summed E-state index contributed by atoms with van der Waals surface area (Å²) in [6.07, 6.45) is 8.88. The van der Waals surface area contributed by atoms with Gasteiger partial charge in [0.05, 0.1) is 6.54 Å². The molecule has 3 rings (SSSR count). The molecule has 3 fully saturated rings. The Morgan fingerprint density at radius 2 is 1.86 bits per heavy atom. The number of carbonyl (C=O) groups is 1. The fraction of sp³-hybridized carbons (Fsp3) is 0.941. The van der Waals surface area contributed by atoms with Crippen LogP contribution in [0.15, 0.2) is 0 Å². The first kappa shape index (κ1) is 15.3. The molecule has 3 aliphatic rings. The lowest BCUT2D eigenvalue weighted by Crippen LogP contribution is -2.49. The summed E-state index contributed by atoms with van der Waals surface area (Å²) < 4.78 is 0. The van der Waals surface area contributed by atoms with Crippen molar-refractivity contribution in [3.05, 3.63) is 0 Å². The molecule has 0 spiro atoms. The Labute approximate surface area is 129 Å². The van der Waals surface area contributed by atoms with Gasteiger partial charge in [-0.3, -0.25) is 9.69 Å². The maximum absolute atomic E-state index is 12.5. The summed E-state index contributed by atoms with van der Waals surface area (Å²) in [5.41, 5.74) is 0. The lowest BCUT2D eigenvalue weighted by atomic mass is 9.88. The summed E-state index contributed by atoms with van der Waals surface area (Å²) in [4.78, 5) is 17.0. The first-order valence-electron chi connectivity index (χ1n) is 8.99. The molecule has 0 aromatic heterocycles. The Morgan fingerprint density at radius 3 is 2.52 bits per heavy atom. The van der Waals surface area contributed by atoms with Gasteiger partial charge in [-0.05, 0) is 77.4 Å². The highest BCUT2D eigenvalue weighted by Crippen LogP contribution is 2.26. The molecule has 1 amide bonds. The second kappa shape index (κ2) is 7.10. The van der Waals surface area contributed by atoms with Crippen LogP contribution in [-0.4, -0.2) is 60.5 Å². The summed E-state index contributed by atoms with van der Waals surface area (Å²) in [6.45, 7) is 7.25. The molecule has 120 valence electrons. The molecule has 3 heterocycles. The number of hydrogen-bond acceptors (Lipinski definition) is 3. The molecule has 0 saturated carbocycles. The van der Waals surface area contributed by atoms with E-state index in [0.717, 1.165) is 31.6 Å². The van der Waals surface area contributed by atoms with Crippen molar-refractivity contribution in [2.24, 2.45) is 5.92 Å². The standard InChI is InChI=1S/C17H31N3O/c1-14-5-2-3-10-20(14)17(21)13-19-11-7-15(8-12-19)16-6-4-9-18-16/h14-16,18H,2-13H2,1H3. The average Bonchev–Trinajstić information content (AvgIpc) is 3.02. The summed E-state index contributed by atoms with van der Waals surface area (Å²) in [6, 6.07) is 1.21. The Balaban J connectivity index is 1.43. The van der Waals surface area contributed by atoms with Gasteiger partial charge in [0.25, 0.3) is 0 Å². The van der Waals surface area contributed by atoms with E-state index >= 15 is 0 Å². The van der Waals surface area contributed by atoms with Crippen molar-refractivity contribution in [2.75, 3.05) is 32.7 Å². The van der Waals surface area contributed by atoms with Gasteiger partial charge in [-0.1, -0.05) is 0 Å². The first-order valence-corrected chi connectivity index (χ1v) is 8.99. The third-order valence-electron chi connectivity index (χ3n) is 5.78. The average molecular weight is 293 g/mol. The largest absolute Gasteiger partial charge is 0.339 e. The Morgan fingerprint density at radius 1 is 1.05 bits per heavy atom. The molecule has 21 heavy (non-hydrogen) atoms. The van der Waals surface area contributed by atoms with Crippen molar-refractivity contribution in [1.82, 2.24) is 15.1 Å². The van der Waals surface area contributed by atoms with E-state index < -0.39 is 0 Å². The first-order chi connectivity index (χ1) is 10.2. The van der Waals surface area contributed by atoms with Gasteiger partial charge in [0, 0.05) is 18.6 Å². The third-order valence-corrected chi connectivity index (χ3v) is 5.78. The van der Waals surface area contributed by atoms with E-state index in [9.17, 15) is 4.79 Å². The van der Waals surface area contributed by atoms with Crippen LogP contribution >= 0.6 is 0 Å². The zero-order valence-corrected chi connectivity index (χ0v) is 13.5. The topological polar surface area (TPSA) is 35.6 Å². The van der Waals surface area contributed by atoms with E-state index in [1.807, 2.05) is 0 Å². The summed E-state index contributed by atoms with van der Waals surface area (Å²) in [5, 5.41) is 3.65. The van der Waals surface area contributed by atoms with Crippen LogP contribution in [0.5, 0.6) is 0 Å². The Bertz CT molecular complexity index is 346. The molecule has 2 unspecified atom stereocenters. The maximum Gasteiger partial charge on any atom is 0.236 e. The lowest BCUT2D eigenvalue weighted by molar-refractivity contribution is -0.136. The fourth-order valence-electron chi connectivity index (χ4n) is 4.38. The van der Waals surface area contributed by atoms with Crippen molar-refractivity contribution < 1.29 is 4.79 Å². The van der Waals surface area contributed by atoms with Crippen LogP contribution in [0, 0.1) is 5.92 Å². The van der Waals surface area contributed by atoms with Gasteiger partial charge in [0.15, 0.2) is 0 Å². The summed E-state index contributed by atoms with van der Waals surface area (Å²) in [7, 11) is 0. The highest BCUT2D eigenvalue weighted by Gasteiger charge is 2.30. The van der Waals surface area contributed by atoms with Crippen LogP contribution < -0.4 is 5.32 Å². The highest BCUT2D eigenvalue weighted by molar-refractivity contribution is 5.78. The van der Waals surface area contributed by atoms with Crippen molar-refractivity contribution in [1.29, 1.82) is 0 Å². The summed E-state index contributed by atoms with van der Waals surface area (Å²) in [5.74, 6) is 1.20. The number of nitrogens with zero attached hydrogens (tertiary/aromatic N) is 2. The van der Waals surface area contributed by atoms with Crippen LogP contribution in [0.1, 0.15) is 51.9 Å². The van der Waals surface area contributed by atoms with Gasteiger partial charge in [-0.15, -0.1) is 0 Å². The van der Waals surface area contributed by atoms with E-state index in [0.29, 0.717) is 18.5 Å². The van der Waals surface area contributed by atoms with Gasteiger partial charge in [0.2, 0.25) is 5.91 Å². The minimum absolute atomic E-state index is 0.361. The van der Waals surface area contributed by atoms with E-state index in [2.05, 4.69) is 22.0 Å². The van der Waals surface area contributed by atoms with Crippen LogP contribution in [-0.2, 0) is 4.79 Å². The number of amides is 1. The molecule has 4 heteroatoms. The van der Waals surface area contributed by atoms with E-state index in [1.165, 1.54) is 51.5 Å². The SMILES string of the molecule is CC1CCCCN1C(=O)CN1CCC(C2CCCN2)CC1. The second-order valence-corrected chi connectivity index (χ2v) is 7.25. The molecule has 3 aliphatic heterocycles. The number of piperidine rings is 2. The van der Waals surface area contributed by atoms with Gasteiger partial charge in [0.1, 0.15) is 0 Å². The molecule has 0 aromatic carbocycles. The zero-order valence-electron chi connectivity index (χ0n) is 13.5. The maximum atomic E-state index is 12.5. The van der Waals surface area contributed by atoms with Crippen molar-refractivity contribution >= 4 is 5.91 Å². The van der Waals surface area contributed by atoms with Crippen LogP contribution in [0.2, 0.25) is 0 Å². The van der Waals surface area contributed by atoms with Crippen molar-refractivity contribution in [2.45, 2.75) is 64.0 Å². The van der Waals surface area contributed by atoms with Crippen molar-refractivity contribution in [3.8, 4) is 0 Å². The monoisotopic (exact) mass is 293 g/mol. The molecule has 3 saturated heterocycles. The lowest BCUT2D eigenvalue weighted by Gasteiger charge is -2.38. The van der Waals surface area contributed by atoms with Crippen LogP contribution in [0.3, 0.4) is 0 Å². The second-order valence-electron chi connectivity index (χ2n) is 7.25. The third kappa shape index (κ3) is 3.78. The molecule has 0 aromatic rings. The highest BCUT2D eigenvalue weighted by atomic mass is 16.2. The number of nitrogens with one attached hydrogen (secondary N) is 1. The van der Waals surface area contributed by atoms with E-state index in [4.69, 9.17) is 0 Å².